The minimum Gasteiger partial charge on any atom is -0.489 e. The molecular weight excluding hydrogens is 312 g/mol. The molecule has 0 spiro atoms. The van der Waals surface area contributed by atoms with E-state index in [9.17, 15) is 4.79 Å². The van der Waals surface area contributed by atoms with Gasteiger partial charge in [0.15, 0.2) is 0 Å². The van der Waals surface area contributed by atoms with E-state index in [2.05, 4.69) is 0 Å². The summed E-state index contributed by atoms with van der Waals surface area (Å²) in [4.78, 5) is 11.8. The first-order valence-electron chi connectivity index (χ1n) is 7.37. The van der Waals surface area contributed by atoms with Crippen LogP contribution in [-0.4, -0.2) is 0 Å². The van der Waals surface area contributed by atoms with Gasteiger partial charge in [0.05, 0.1) is 0 Å². The zero-order valence-corrected chi connectivity index (χ0v) is 14.0. The molecule has 0 saturated carbocycles. The highest BCUT2D eigenvalue weighted by molar-refractivity contribution is 6.31. The first-order valence-corrected chi connectivity index (χ1v) is 7.75. The highest BCUT2D eigenvalue weighted by Crippen LogP contribution is 2.25. The van der Waals surface area contributed by atoms with Crippen LogP contribution >= 0.6 is 11.6 Å². The number of aryl methyl sites for hydroxylation is 3. The van der Waals surface area contributed by atoms with E-state index in [-0.39, 0.29) is 5.63 Å². The van der Waals surface area contributed by atoms with E-state index in [0.29, 0.717) is 17.2 Å². The third-order valence-electron chi connectivity index (χ3n) is 4.04. The van der Waals surface area contributed by atoms with Gasteiger partial charge in [0.1, 0.15) is 17.9 Å². The van der Waals surface area contributed by atoms with Gasteiger partial charge in [-0.2, -0.15) is 0 Å². The third-order valence-corrected chi connectivity index (χ3v) is 4.47. The zero-order valence-electron chi connectivity index (χ0n) is 13.3. The molecule has 0 aliphatic heterocycles. The van der Waals surface area contributed by atoms with Gasteiger partial charge in [0.2, 0.25) is 0 Å². The molecule has 0 aliphatic carbocycles. The molecule has 4 heteroatoms. The number of hydrogen-bond donors (Lipinski definition) is 0. The van der Waals surface area contributed by atoms with Crippen LogP contribution in [0.5, 0.6) is 5.75 Å². The van der Waals surface area contributed by atoms with Gasteiger partial charge in [-0.1, -0.05) is 23.7 Å². The lowest BCUT2D eigenvalue weighted by molar-refractivity contribution is 0.306. The molecule has 0 N–H and O–H groups in total. The molecule has 3 aromatic rings. The second kappa shape index (κ2) is 6.09. The molecule has 2 aromatic carbocycles. The summed E-state index contributed by atoms with van der Waals surface area (Å²) in [5.41, 5.74) is 4.09. The predicted molar refractivity (Wildman–Crippen MR) is 92.5 cm³/mol. The first-order chi connectivity index (χ1) is 11.0. The van der Waals surface area contributed by atoms with Crippen molar-refractivity contribution < 1.29 is 9.15 Å². The first kappa shape index (κ1) is 15.6. The Bertz CT molecular complexity index is 941. The van der Waals surface area contributed by atoms with Crippen LogP contribution in [0.1, 0.15) is 22.3 Å². The van der Waals surface area contributed by atoms with Crippen molar-refractivity contribution in [2.75, 3.05) is 0 Å². The summed E-state index contributed by atoms with van der Waals surface area (Å²) in [5.74, 6) is 0.720. The van der Waals surface area contributed by atoms with Crippen molar-refractivity contribution in [1.29, 1.82) is 0 Å². The van der Waals surface area contributed by atoms with Gasteiger partial charge >= 0.3 is 5.63 Å². The van der Waals surface area contributed by atoms with Crippen molar-refractivity contribution in [1.82, 2.24) is 0 Å². The number of rotatable bonds is 3. The fourth-order valence-corrected chi connectivity index (χ4v) is 2.63. The van der Waals surface area contributed by atoms with Crippen molar-refractivity contribution in [3.63, 3.8) is 0 Å². The van der Waals surface area contributed by atoms with Crippen LogP contribution in [0.25, 0.3) is 11.0 Å². The van der Waals surface area contributed by atoms with Crippen LogP contribution in [0.15, 0.2) is 45.6 Å². The van der Waals surface area contributed by atoms with Crippen molar-refractivity contribution in [2.24, 2.45) is 0 Å². The lowest BCUT2D eigenvalue weighted by Crippen LogP contribution is -2.05. The summed E-state index contributed by atoms with van der Waals surface area (Å²) in [7, 11) is 0. The van der Waals surface area contributed by atoms with E-state index in [0.717, 1.165) is 33.4 Å². The molecule has 3 nitrogen and oxygen atoms in total. The number of benzene rings is 2. The fourth-order valence-electron chi connectivity index (χ4n) is 2.51. The highest BCUT2D eigenvalue weighted by atomic mass is 35.5. The second-order valence-corrected chi connectivity index (χ2v) is 6.08. The molecular formula is C19H17ClO3. The Morgan fingerprint density at radius 2 is 1.83 bits per heavy atom. The Balaban J connectivity index is 1.98. The zero-order chi connectivity index (χ0) is 16.6. The average Bonchev–Trinajstić information content (AvgIpc) is 2.52. The molecule has 0 unspecified atom stereocenters. The fraction of sp³-hybridized carbons (Fsp3) is 0.211. The van der Waals surface area contributed by atoms with E-state index in [1.54, 1.807) is 6.07 Å². The predicted octanol–water partition coefficient (Wildman–Crippen LogP) is 4.95. The van der Waals surface area contributed by atoms with Gasteiger partial charge in [-0.15, -0.1) is 0 Å². The van der Waals surface area contributed by atoms with Crippen LogP contribution < -0.4 is 10.4 Å². The van der Waals surface area contributed by atoms with E-state index in [1.165, 1.54) is 6.07 Å². The topological polar surface area (TPSA) is 39.4 Å². The molecule has 0 aliphatic rings. The van der Waals surface area contributed by atoms with Crippen molar-refractivity contribution in [3.8, 4) is 5.75 Å². The summed E-state index contributed by atoms with van der Waals surface area (Å²) in [5, 5.41) is 1.60. The molecule has 118 valence electrons. The van der Waals surface area contributed by atoms with E-state index in [1.807, 2.05) is 45.0 Å². The maximum Gasteiger partial charge on any atom is 0.336 e. The maximum absolute atomic E-state index is 11.8. The molecule has 0 fully saturated rings. The van der Waals surface area contributed by atoms with Gasteiger partial charge in [0.25, 0.3) is 0 Å². The molecule has 0 atom stereocenters. The van der Waals surface area contributed by atoms with Gasteiger partial charge in [-0.05, 0) is 55.7 Å². The van der Waals surface area contributed by atoms with Crippen LogP contribution in [0.2, 0.25) is 5.02 Å². The van der Waals surface area contributed by atoms with Crippen LogP contribution in [-0.2, 0) is 6.61 Å². The van der Waals surface area contributed by atoms with E-state index in [4.69, 9.17) is 20.8 Å². The molecule has 0 bridgehead atoms. The summed E-state index contributed by atoms with van der Waals surface area (Å²) in [6, 6.07) is 11.0. The Labute approximate surface area is 139 Å². The Hall–Kier alpha value is -2.26. The number of fused-ring (bicyclic) bond motifs is 1. The normalized spacial score (nSPS) is 11.0. The molecule has 1 aromatic heterocycles. The van der Waals surface area contributed by atoms with Gasteiger partial charge in [0, 0.05) is 22.0 Å². The molecule has 0 radical (unpaired) electrons. The van der Waals surface area contributed by atoms with Gasteiger partial charge < -0.3 is 9.15 Å². The third kappa shape index (κ3) is 3.10. The molecule has 23 heavy (non-hydrogen) atoms. The molecule has 1 heterocycles. The summed E-state index contributed by atoms with van der Waals surface area (Å²) >= 11 is 6.02. The summed E-state index contributed by atoms with van der Waals surface area (Å²) in [6.45, 7) is 6.17. The molecule has 3 rings (SSSR count). The van der Waals surface area contributed by atoms with Crippen LogP contribution in [0.4, 0.5) is 0 Å². The quantitative estimate of drug-likeness (QED) is 0.638. The highest BCUT2D eigenvalue weighted by Gasteiger charge is 2.10. The van der Waals surface area contributed by atoms with Crippen molar-refractivity contribution in [2.45, 2.75) is 27.4 Å². The van der Waals surface area contributed by atoms with Crippen molar-refractivity contribution in [3.05, 3.63) is 74.1 Å². The standard InChI is InChI=1S/C19H17ClO3/c1-11-4-6-16-14(9-18(21)23-19(16)13(11)3)10-22-15-5-7-17(20)12(2)8-15/h4-9H,10H2,1-3H3. The minimum atomic E-state index is -0.364. The van der Waals surface area contributed by atoms with E-state index >= 15 is 0 Å². The van der Waals surface area contributed by atoms with Crippen LogP contribution in [0.3, 0.4) is 0 Å². The molecule has 0 amide bonds. The SMILES string of the molecule is Cc1cc(OCc2cc(=O)oc3c(C)c(C)ccc23)ccc1Cl. The number of ether oxygens (including phenoxy) is 1. The number of halogens is 1. The second-order valence-electron chi connectivity index (χ2n) is 5.67. The van der Waals surface area contributed by atoms with E-state index < -0.39 is 0 Å². The smallest absolute Gasteiger partial charge is 0.336 e. The van der Waals surface area contributed by atoms with Gasteiger partial charge in [-0.25, -0.2) is 4.79 Å². The summed E-state index contributed by atoms with van der Waals surface area (Å²) in [6.07, 6.45) is 0. The lowest BCUT2D eigenvalue weighted by Gasteiger charge is -2.11. The van der Waals surface area contributed by atoms with Crippen molar-refractivity contribution >= 4 is 22.6 Å². The summed E-state index contributed by atoms with van der Waals surface area (Å²) < 4.78 is 11.2. The largest absolute Gasteiger partial charge is 0.489 e. The lowest BCUT2D eigenvalue weighted by atomic mass is 10.0. The average molecular weight is 329 g/mol. The van der Waals surface area contributed by atoms with Gasteiger partial charge in [-0.3, -0.25) is 0 Å². The maximum atomic E-state index is 11.8. The minimum absolute atomic E-state index is 0.297. The molecule has 0 saturated heterocycles. The Morgan fingerprint density at radius 3 is 2.57 bits per heavy atom. The van der Waals surface area contributed by atoms with Crippen LogP contribution in [0, 0.1) is 20.8 Å². The number of hydrogen-bond acceptors (Lipinski definition) is 3. The monoisotopic (exact) mass is 328 g/mol. The Kier molecular flexibility index (Phi) is 4.14. The Morgan fingerprint density at radius 1 is 1.04 bits per heavy atom.